The van der Waals surface area contributed by atoms with E-state index in [0.29, 0.717) is 189 Å². The molecule has 0 bridgehead atoms. The molecule has 16 rings (SSSR count). The van der Waals surface area contributed by atoms with Crippen LogP contribution in [0.2, 0.25) is 0 Å². The number of hydrogen-bond acceptors (Lipinski definition) is 14. The van der Waals surface area contributed by atoms with E-state index in [4.69, 9.17) is 14.8 Å². The van der Waals surface area contributed by atoms with E-state index in [1.807, 2.05) is 0 Å². The lowest BCUT2D eigenvalue weighted by Gasteiger charge is -2.62. The van der Waals surface area contributed by atoms with Crippen molar-refractivity contribution in [2.45, 2.75) is 402 Å². The van der Waals surface area contributed by atoms with Crippen LogP contribution < -0.4 is 0 Å². The van der Waals surface area contributed by atoms with Crippen molar-refractivity contribution in [3.8, 4) is 0 Å². The van der Waals surface area contributed by atoms with Crippen molar-refractivity contribution >= 4 is 16.4 Å². The third-order valence-electron chi connectivity index (χ3n) is 41.7. The molecule has 115 heavy (non-hydrogen) atoms. The highest BCUT2D eigenvalue weighted by molar-refractivity contribution is 7.80. The number of carbonyl (C=O) groups is 1. The van der Waals surface area contributed by atoms with Crippen molar-refractivity contribution in [2.24, 2.45) is 185 Å². The summed E-state index contributed by atoms with van der Waals surface area (Å²) in [6, 6.07) is 0. The van der Waals surface area contributed by atoms with Gasteiger partial charge in [0, 0.05) is 19.6 Å². The molecule has 16 nitrogen and oxygen atoms in total. The zero-order valence-electron chi connectivity index (χ0n) is 74.2. The second-order valence-corrected chi connectivity index (χ2v) is 47.6. The Bertz CT molecular complexity index is 3300. The lowest BCUT2D eigenvalue weighted by molar-refractivity contribution is -0.174. The van der Waals surface area contributed by atoms with Crippen LogP contribution in [0.25, 0.3) is 0 Å². The fourth-order valence-electron chi connectivity index (χ4n) is 35.5. The number of aliphatic hydroxyl groups is 10. The monoisotopic (exact) mass is 1640 g/mol. The van der Waals surface area contributed by atoms with Gasteiger partial charge in [-0.15, -0.1) is 0 Å². The molecule has 0 aromatic rings. The van der Waals surface area contributed by atoms with Gasteiger partial charge in [-0.25, -0.2) is 4.18 Å². The topological polar surface area (TPSA) is 303 Å². The van der Waals surface area contributed by atoms with Crippen LogP contribution in [-0.2, 0) is 19.4 Å². The third-order valence-corrected chi connectivity index (χ3v) is 42.1. The van der Waals surface area contributed by atoms with Gasteiger partial charge < -0.3 is 56.2 Å². The second kappa shape index (κ2) is 36.1. The lowest BCUT2D eigenvalue weighted by Crippen LogP contribution is -2.58. The first-order chi connectivity index (χ1) is 54.2. The number of unbranched alkanes of at least 4 members (excludes halogenated alkanes) is 3. The molecular formula is C98H170O16S. The van der Waals surface area contributed by atoms with Gasteiger partial charge in [-0.05, 0) is 416 Å². The van der Waals surface area contributed by atoms with Gasteiger partial charge in [0.05, 0.1) is 55.4 Å². The van der Waals surface area contributed by atoms with Crippen LogP contribution >= 0.6 is 0 Å². The molecule has 0 saturated heterocycles. The molecule has 664 valence electrons. The molecular weight excluding hydrogens is 1470 g/mol. The van der Waals surface area contributed by atoms with Crippen molar-refractivity contribution in [2.75, 3.05) is 19.8 Å². The molecule has 0 amide bonds. The van der Waals surface area contributed by atoms with E-state index in [0.717, 1.165) is 179 Å². The van der Waals surface area contributed by atoms with Crippen LogP contribution in [0.15, 0.2) is 0 Å². The molecule has 40 atom stereocenters. The van der Waals surface area contributed by atoms with Gasteiger partial charge in [0.15, 0.2) is 0 Å². The summed E-state index contributed by atoms with van der Waals surface area (Å²) >= 11 is 0. The highest BCUT2D eigenvalue weighted by Crippen LogP contribution is 2.74. The number of aliphatic hydroxyl groups excluding tert-OH is 10. The minimum Gasteiger partial charge on any atom is -0.481 e. The molecule has 16 aliphatic rings. The van der Waals surface area contributed by atoms with Gasteiger partial charge in [-0.3, -0.25) is 9.35 Å². The van der Waals surface area contributed by atoms with Crippen molar-refractivity contribution in [3.63, 3.8) is 0 Å². The van der Waals surface area contributed by atoms with Crippen LogP contribution in [-0.4, -0.2) is 144 Å². The molecule has 16 aliphatic carbocycles. The van der Waals surface area contributed by atoms with E-state index in [1.165, 1.54) is 89.9 Å². The average molecular weight is 1640 g/mol. The smallest absolute Gasteiger partial charge is 0.397 e. The minimum absolute atomic E-state index is 0.0218. The van der Waals surface area contributed by atoms with E-state index in [-0.39, 0.29) is 66.3 Å². The quantitative estimate of drug-likeness (QED) is 0.0398. The van der Waals surface area contributed by atoms with Crippen LogP contribution in [0.4, 0.5) is 0 Å². The molecule has 0 spiro atoms. The van der Waals surface area contributed by atoms with Gasteiger partial charge in [-0.2, -0.15) is 8.42 Å². The Kier molecular flexibility index (Phi) is 28.8. The molecule has 0 aromatic heterocycles. The second-order valence-electron chi connectivity index (χ2n) is 46.5. The SMILES string of the molecule is C[C@H](CCCCC(=O)O)[C@H]1CCC2C3C(CC[C@@]21C)[C@@]1(C)CC[C@@H](O)C[C@H]1C[C@@H]3O.C[C@H](CCCCCO)[C@H]1CCC2C3C(CC[C@@]21C)[C@@]1(C)CC[C@@H](O)C[C@H]1C[C@@H]3O.C[C@H](CCO)[C@H]1CCC2C3C(CC[C@@]21C)[C@@]1(C)CC[C@@H](O)C[C@H]1C[C@@H]3O.C[C@H](CCOS(=O)(=O)O)[C@H]1CCC2C3C(CC[C@@]21C)[C@@]1(C)CC[C@@H](O)C[C@H]1C[C@@H]3O. The number of carboxylic acid groups (broad SMARTS) is 1. The Hall–Kier alpha value is -1.06. The predicted octanol–water partition coefficient (Wildman–Crippen LogP) is 18.2. The predicted molar refractivity (Wildman–Crippen MR) is 453 cm³/mol. The largest absolute Gasteiger partial charge is 0.481 e. The number of rotatable bonds is 20. The first kappa shape index (κ1) is 91.6. The van der Waals surface area contributed by atoms with E-state index >= 15 is 0 Å². The zero-order chi connectivity index (χ0) is 83.1. The Morgan fingerprint density at radius 1 is 0.330 bits per heavy atom. The standard InChI is InChI=1S/C26H44O4.C26H46O3.C23H40O6S.C23H40O3/c1-16(6-4-5-7-23(29)30)19-8-9-20-24-21(11-13-26(19,20)3)25(2)12-10-18(27)14-17(25)15-22(24)28;1-17(7-5-4-6-14-27)20-8-9-21-24-22(11-13-26(20,21)3)25(2)12-10-19(28)15-18(25)16-23(24)29;1-14(8-11-29-30(26,27)28)17-4-5-18-21-19(7-10-23(17,18)3)22(2)9-6-16(24)12-15(22)13-20(21)25;1-14(8-11-24)17-4-5-18-21-19(7-10-23(17,18)3)22(2)9-6-16(25)12-15(22)13-20(21)26/h16-22,24,27-28H,4-15H2,1-3H3,(H,29,30);17-24,27-29H,4-16H2,1-3H3;14-21,24-25H,4-13H2,1-3H3,(H,26,27,28);14-21,24-26H,4-13H2,1-3H3/t16-,17+,18-,19-,20?,21?,22+,24?,25+,26-;17-,18+,19-,20-,21?,22?,23+,24?,25+,26-;2*14-,15+,16-,17-,18?,19?,20+,21?,22+,23-/m1111/s1. The first-order valence-corrected chi connectivity index (χ1v) is 50.1. The van der Waals surface area contributed by atoms with Crippen LogP contribution in [0, 0.1) is 185 Å². The molecule has 0 aromatic carbocycles. The normalized spacial score (nSPS) is 50.9. The van der Waals surface area contributed by atoms with Gasteiger partial charge in [-0.1, -0.05) is 115 Å². The lowest BCUT2D eigenvalue weighted by atomic mass is 9.43. The number of fused-ring (bicyclic) bond motifs is 20. The maximum absolute atomic E-state index is 11.3. The first-order valence-electron chi connectivity index (χ1n) is 48.7. The molecule has 17 heteroatoms. The van der Waals surface area contributed by atoms with Crippen molar-refractivity contribution in [1.29, 1.82) is 0 Å². The number of aliphatic carboxylic acids is 1. The highest BCUT2D eigenvalue weighted by Gasteiger charge is 2.68. The van der Waals surface area contributed by atoms with Crippen LogP contribution in [0.3, 0.4) is 0 Å². The molecule has 12 unspecified atom stereocenters. The molecule has 0 heterocycles. The zero-order valence-corrected chi connectivity index (χ0v) is 75.0. The maximum Gasteiger partial charge on any atom is 0.397 e. The van der Waals surface area contributed by atoms with Gasteiger partial charge in [0.25, 0.3) is 0 Å². The molecule has 0 radical (unpaired) electrons. The molecule has 16 fully saturated rings. The summed E-state index contributed by atoms with van der Waals surface area (Å²) in [5, 5.41) is 113. The molecule has 12 N–H and O–H groups in total. The summed E-state index contributed by atoms with van der Waals surface area (Å²) in [6.07, 6.45) is 43.1. The summed E-state index contributed by atoms with van der Waals surface area (Å²) in [5.74, 6) is 12.8. The van der Waals surface area contributed by atoms with Crippen molar-refractivity contribution < 1.29 is 78.1 Å². The summed E-state index contributed by atoms with van der Waals surface area (Å²) in [7, 11) is -4.38. The third kappa shape index (κ3) is 17.5. The minimum atomic E-state index is -4.38. The number of hydrogen-bond donors (Lipinski definition) is 12. The van der Waals surface area contributed by atoms with E-state index in [9.17, 15) is 59.2 Å². The summed E-state index contributed by atoms with van der Waals surface area (Å²) in [6.45, 7) is 29.9. The molecule has 16 saturated carbocycles. The number of carboxylic acids is 1. The van der Waals surface area contributed by atoms with Gasteiger partial charge >= 0.3 is 16.4 Å². The van der Waals surface area contributed by atoms with Crippen LogP contribution in [0.5, 0.6) is 0 Å². The summed E-state index contributed by atoms with van der Waals surface area (Å²) in [4.78, 5) is 10.8. The molecule has 0 aliphatic heterocycles. The Morgan fingerprint density at radius 3 is 0.861 bits per heavy atom. The summed E-state index contributed by atoms with van der Waals surface area (Å²) < 4.78 is 35.2. The van der Waals surface area contributed by atoms with Gasteiger partial charge in [0.1, 0.15) is 0 Å². The van der Waals surface area contributed by atoms with E-state index < -0.39 is 16.4 Å². The summed E-state index contributed by atoms with van der Waals surface area (Å²) in [5.41, 5.74) is 2.41. The van der Waals surface area contributed by atoms with Crippen molar-refractivity contribution in [1.82, 2.24) is 0 Å². The fourth-order valence-corrected chi connectivity index (χ4v) is 35.9. The Labute approximate surface area is 697 Å². The Morgan fingerprint density at radius 2 is 0.591 bits per heavy atom. The Balaban J connectivity index is 0.000000134. The van der Waals surface area contributed by atoms with E-state index in [2.05, 4.69) is 87.3 Å². The maximum atomic E-state index is 11.3. The highest BCUT2D eigenvalue weighted by atomic mass is 32.3. The van der Waals surface area contributed by atoms with E-state index in [1.54, 1.807) is 0 Å². The average Bonchev–Trinajstić information content (AvgIpc) is 1.69. The van der Waals surface area contributed by atoms with Crippen LogP contribution in [0.1, 0.15) is 353 Å². The van der Waals surface area contributed by atoms with Gasteiger partial charge in [0.2, 0.25) is 0 Å². The van der Waals surface area contributed by atoms with Crippen molar-refractivity contribution in [3.05, 3.63) is 0 Å². The fraction of sp³-hybridized carbons (Fsp3) is 0.990.